The van der Waals surface area contributed by atoms with Gasteiger partial charge in [-0.2, -0.15) is 0 Å². The van der Waals surface area contributed by atoms with Gasteiger partial charge in [0.05, 0.1) is 7.11 Å². The van der Waals surface area contributed by atoms with Crippen LogP contribution in [0.2, 0.25) is 36.3 Å². The summed E-state index contributed by atoms with van der Waals surface area (Å²) in [5, 5.41) is 10.8. The first-order valence-electron chi connectivity index (χ1n) is 12.5. The maximum atomic E-state index is 12.8. The fraction of sp³-hybridized carbons (Fsp3) is 0.792. The number of methoxy groups -OCH3 is 1. The van der Waals surface area contributed by atoms with Crippen molar-refractivity contribution < 1.29 is 28.2 Å². The number of aromatic amines is 1. The van der Waals surface area contributed by atoms with Gasteiger partial charge >= 0.3 is 11.7 Å². The molecule has 6 atom stereocenters. The van der Waals surface area contributed by atoms with Crippen molar-refractivity contribution in [3.63, 3.8) is 0 Å². The highest BCUT2D eigenvalue weighted by Crippen LogP contribution is 2.46. The third-order valence-electron chi connectivity index (χ3n) is 8.00. The molecule has 0 amide bonds. The predicted molar refractivity (Wildman–Crippen MR) is 145 cm³/mol. The van der Waals surface area contributed by atoms with Crippen LogP contribution in [0.25, 0.3) is 0 Å². The molecule has 0 spiro atoms. The Morgan fingerprint density at radius 1 is 1.05 bits per heavy atom. The molecule has 1 fully saturated rings. The number of H-pyrrole nitrogens is 1. The molecule has 0 unspecified atom stereocenters. The van der Waals surface area contributed by atoms with Gasteiger partial charge in [-0.3, -0.25) is 19.1 Å². The monoisotopic (exact) mass is 559 g/mol. The molecule has 2 rings (SSSR count). The number of hydrogen-bond donors (Lipinski definition) is 3. The average Bonchev–Trinajstić information content (AvgIpc) is 3.07. The van der Waals surface area contributed by atoms with Crippen LogP contribution >= 0.6 is 0 Å². The fourth-order valence-corrected chi connectivity index (χ4v) is 6.15. The number of ether oxygens (including phenoxy) is 2. The van der Waals surface area contributed by atoms with Crippen molar-refractivity contribution in [3.05, 3.63) is 33.1 Å². The number of carbonyl (C=O) groups excluding carboxylic acids is 1. The largest absolute Gasteiger partial charge is 0.468 e. The lowest BCUT2D eigenvalue weighted by molar-refractivity contribution is -0.150. The van der Waals surface area contributed by atoms with E-state index in [1.807, 2.05) is 0 Å². The topological polar surface area (TPSA) is 155 Å². The van der Waals surface area contributed by atoms with Crippen LogP contribution in [0.5, 0.6) is 0 Å². The molecule has 1 aliphatic heterocycles. The highest BCUT2D eigenvalue weighted by atomic mass is 28.4. The molecular formula is C24H45N3O8Si2. The van der Waals surface area contributed by atoms with E-state index in [2.05, 4.69) is 72.7 Å². The van der Waals surface area contributed by atoms with Gasteiger partial charge in [-0.25, -0.2) is 4.79 Å². The third-order valence-corrected chi connectivity index (χ3v) is 16.9. The van der Waals surface area contributed by atoms with Gasteiger partial charge in [0.25, 0.3) is 5.56 Å². The number of carbonyl (C=O) groups is 1. The minimum absolute atomic E-state index is 0.200. The standard InChI is InChI=1S/C24H45N3O8Si2/c1-23(2,3)36(8,9)34-18-17(16(29)15(25)21(30)32-7)33-20(27-13-12-14(28)26-22(27)31)19(18)35-37(10,11)24(4,5)6/h12-13,15-20,29H,25H2,1-11H3,(H,26,28,31)/t15-,16-,17+,18+,19+,20+/m0/s1. The van der Waals surface area contributed by atoms with Crippen molar-refractivity contribution in [2.75, 3.05) is 7.11 Å². The number of esters is 1. The molecule has 0 aliphatic carbocycles. The van der Waals surface area contributed by atoms with Gasteiger partial charge in [0.15, 0.2) is 22.9 Å². The molecule has 0 aromatic carbocycles. The summed E-state index contributed by atoms with van der Waals surface area (Å²) in [7, 11) is -3.81. The summed E-state index contributed by atoms with van der Waals surface area (Å²) in [5.74, 6) is -0.811. The summed E-state index contributed by atoms with van der Waals surface area (Å²) >= 11 is 0. The van der Waals surface area contributed by atoms with E-state index in [-0.39, 0.29) is 10.1 Å². The second kappa shape index (κ2) is 10.9. The zero-order valence-corrected chi connectivity index (χ0v) is 25.9. The maximum Gasteiger partial charge on any atom is 0.330 e. The van der Waals surface area contributed by atoms with Gasteiger partial charge in [-0.15, -0.1) is 0 Å². The van der Waals surface area contributed by atoms with Crippen molar-refractivity contribution in [1.29, 1.82) is 0 Å². The Kier molecular flexibility index (Phi) is 9.28. The highest BCUT2D eigenvalue weighted by Gasteiger charge is 2.57. The lowest BCUT2D eigenvalue weighted by atomic mass is 10.0. The zero-order chi connectivity index (χ0) is 28.7. The number of nitrogens with one attached hydrogen (secondary N) is 1. The lowest BCUT2D eigenvalue weighted by Gasteiger charge is -2.44. The fourth-order valence-electron chi connectivity index (χ4n) is 3.56. The second-order valence-corrected chi connectivity index (χ2v) is 22.2. The van der Waals surface area contributed by atoms with Crippen molar-refractivity contribution in [2.24, 2.45) is 5.73 Å². The van der Waals surface area contributed by atoms with Gasteiger partial charge in [-0.05, 0) is 36.3 Å². The lowest BCUT2D eigenvalue weighted by Crippen LogP contribution is -2.58. The summed E-state index contributed by atoms with van der Waals surface area (Å²) in [5.41, 5.74) is 4.79. The maximum absolute atomic E-state index is 12.8. The van der Waals surface area contributed by atoms with E-state index in [9.17, 15) is 19.5 Å². The Bertz CT molecular complexity index is 1070. The molecule has 0 radical (unpaired) electrons. The number of aliphatic hydroxyl groups is 1. The molecular weight excluding hydrogens is 514 g/mol. The van der Waals surface area contributed by atoms with Crippen molar-refractivity contribution in [3.8, 4) is 0 Å². The number of aliphatic hydroxyl groups excluding tert-OH is 1. The Morgan fingerprint density at radius 3 is 1.97 bits per heavy atom. The smallest absolute Gasteiger partial charge is 0.330 e. The van der Waals surface area contributed by atoms with E-state index in [0.717, 1.165) is 0 Å². The van der Waals surface area contributed by atoms with Crippen LogP contribution in [-0.2, 0) is 23.1 Å². The molecule has 1 saturated heterocycles. The highest BCUT2D eigenvalue weighted by molar-refractivity contribution is 6.74. The van der Waals surface area contributed by atoms with E-state index in [0.29, 0.717) is 0 Å². The van der Waals surface area contributed by atoms with E-state index in [1.54, 1.807) is 0 Å². The first-order chi connectivity index (χ1) is 16.6. The van der Waals surface area contributed by atoms with Crippen LogP contribution < -0.4 is 17.0 Å². The van der Waals surface area contributed by atoms with E-state index >= 15 is 0 Å². The number of aromatic nitrogens is 2. The third kappa shape index (κ3) is 6.70. The van der Waals surface area contributed by atoms with Crippen LogP contribution in [0.3, 0.4) is 0 Å². The van der Waals surface area contributed by atoms with Gasteiger partial charge < -0.3 is 29.2 Å². The Hall–Kier alpha value is -1.62. The number of rotatable bonds is 8. The second-order valence-electron chi connectivity index (χ2n) is 12.7. The molecule has 212 valence electrons. The summed E-state index contributed by atoms with van der Waals surface area (Å²) < 4.78 is 25.9. The Balaban J connectivity index is 2.73. The van der Waals surface area contributed by atoms with Gasteiger partial charge in [0.2, 0.25) is 0 Å². The van der Waals surface area contributed by atoms with Crippen LogP contribution in [-0.4, -0.2) is 74.8 Å². The Morgan fingerprint density at radius 2 is 1.54 bits per heavy atom. The molecule has 1 aliphatic rings. The minimum Gasteiger partial charge on any atom is -0.468 e. The molecule has 0 bridgehead atoms. The first-order valence-corrected chi connectivity index (χ1v) is 18.3. The van der Waals surface area contributed by atoms with Crippen LogP contribution in [0.15, 0.2) is 21.9 Å². The summed E-state index contributed by atoms with van der Waals surface area (Å²) in [6, 6.07) is -0.206. The molecule has 1 aromatic heterocycles. The van der Waals surface area contributed by atoms with Crippen molar-refractivity contribution in [2.45, 2.75) is 114 Å². The van der Waals surface area contributed by atoms with Crippen LogP contribution in [0, 0.1) is 0 Å². The van der Waals surface area contributed by atoms with E-state index in [4.69, 9.17) is 24.1 Å². The minimum atomic E-state index is -2.50. The average molecular weight is 560 g/mol. The summed E-state index contributed by atoms with van der Waals surface area (Å²) in [6.45, 7) is 20.7. The van der Waals surface area contributed by atoms with Crippen molar-refractivity contribution >= 4 is 22.6 Å². The van der Waals surface area contributed by atoms with Gasteiger partial charge in [0.1, 0.15) is 30.5 Å². The summed E-state index contributed by atoms with van der Waals surface area (Å²) in [6.07, 6.45) is -4.09. The first kappa shape index (κ1) is 31.6. The number of nitrogens with zero attached hydrogens (tertiary/aromatic N) is 1. The molecule has 1 aromatic rings. The van der Waals surface area contributed by atoms with Crippen molar-refractivity contribution in [1.82, 2.24) is 9.55 Å². The van der Waals surface area contributed by atoms with E-state index in [1.165, 1.54) is 23.9 Å². The molecule has 2 heterocycles. The number of hydrogen-bond acceptors (Lipinski definition) is 9. The SMILES string of the molecule is COC(=O)[C@@H](N)[C@H](O)[C@H]1O[C@@H](n2ccc(=O)[nH]c2=O)[C@H](O[Si](C)(C)C(C)(C)C)[C@@H]1O[Si](C)(C)C(C)(C)C. The van der Waals surface area contributed by atoms with Gasteiger partial charge in [-0.1, -0.05) is 41.5 Å². The Labute approximate surface area is 220 Å². The van der Waals surface area contributed by atoms with Crippen LogP contribution in [0.1, 0.15) is 47.8 Å². The molecule has 37 heavy (non-hydrogen) atoms. The summed E-state index contributed by atoms with van der Waals surface area (Å²) in [4.78, 5) is 39.1. The molecule has 0 saturated carbocycles. The number of nitrogens with two attached hydrogens (primary N) is 1. The molecule has 11 nitrogen and oxygen atoms in total. The quantitative estimate of drug-likeness (QED) is 0.321. The molecule has 13 heteroatoms. The van der Waals surface area contributed by atoms with Crippen LogP contribution in [0.4, 0.5) is 0 Å². The normalized spacial score (nSPS) is 25.1. The predicted octanol–water partition coefficient (Wildman–Crippen LogP) is 2.08. The zero-order valence-electron chi connectivity index (χ0n) is 23.9. The van der Waals surface area contributed by atoms with E-state index < -0.39 is 70.5 Å². The van der Waals surface area contributed by atoms with Gasteiger partial charge in [0, 0.05) is 12.3 Å². The molecule has 4 N–H and O–H groups in total.